The minimum Gasteiger partial charge on any atom is -0.468 e. The summed E-state index contributed by atoms with van der Waals surface area (Å²) in [7, 11) is 1.36. The Morgan fingerprint density at radius 1 is 1.60 bits per heavy atom. The lowest BCUT2D eigenvalue weighted by atomic mass is 9.87. The molecule has 15 heavy (non-hydrogen) atoms. The van der Waals surface area contributed by atoms with Crippen LogP contribution in [0.15, 0.2) is 5.11 Å². The summed E-state index contributed by atoms with van der Waals surface area (Å²) < 4.78 is 4.69. The first-order valence-electron chi connectivity index (χ1n) is 4.75. The number of esters is 1. The van der Waals surface area contributed by atoms with Crippen LogP contribution >= 0.6 is 0 Å². The first-order chi connectivity index (χ1) is 6.93. The van der Waals surface area contributed by atoms with E-state index in [4.69, 9.17) is 10.3 Å². The number of nitrogens with one attached hydrogen (secondary N) is 1. The Balaban J connectivity index is 4.27. The molecule has 0 aromatic carbocycles. The predicted molar refractivity (Wildman–Crippen MR) is 57.3 cm³/mol. The highest BCUT2D eigenvalue weighted by molar-refractivity contribution is 5.76. The number of azide groups is 1. The second-order valence-electron chi connectivity index (χ2n) is 4.23. The Labute approximate surface area is 89.6 Å². The minimum absolute atomic E-state index is 0.233. The summed E-state index contributed by atoms with van der Waals surface area (Å²) in [4.78, 5) is 14.1. The first-order valence-corrected chi connectivity index (χ1v) is 4.75. The molecule has 0 bridgehead atoms. The lowest BCUT2D eigenvalue weighted by Gasteiger charge is -2.28. The Bertz CT molecular complexity index is 253. The van der Waals surface area contributed by atoms with E-state index < -0.39 is 6.04 Å². The summed E-state index contributed by atoms with van der Waals surface area (Å²) in [5.41, 5.74) is 7.85. The molecule has 0 radical (unpaired) electrons. The van der Waals surface area contributed by atoms with Gasteiger partial charge in [0.05, 0.1) is 7.11 Å². The van der Waals surface area contributed by atoms with Gasteiger partial charge in [0.25, 0.3) is 0 Å². The van der Waals surface area contributed by atoms with Crippen LogP contribution in [-0.2, 0) is 9.53 Å². The molecule has 1 N–H and O–H groups in total. The number of rotatable bonds is 5. The van der Waals surface area contributed by atoms with Crippen molar-refractivity contribution in [1.29, 1.82) is 0 Å². The molecule has 0 aliphatic rings. The van der Waals surface area contributed by atoms with E-state index in [1.807, 2.05) is 20.8 Å². The van der Waals surface area contributed by atoms with E-state index in [0.717, 1.165) is 0 Å². The smallest absolute Gasteiger partial charge is 0.323 e. The zero-order valence-corrected chi connectivity index (χ0v) is 9.65. The van der Waals surface area contributed by atoms with Gasteiger partial charge < -0.3 is 10.1 Å². The SMILES string of the molecule is COC(=O)C(NCCN=[N+]=[N-])C(C)(C)C. The van der Waals surface area contributed by atoms with Crippen LogP contribution in [0.3, 0.4) is 0 Å². The molecular weight excluding hydrogens is 196 g/mol. The van der Waals surface area contributed by atoms with Crippen molar-refractivity contribution >= 4 is 5.97 Å². The molecule has 0 aliphatic carbocycles. The maximum atomic E-state index is 11.4. The highest BCUT2D eigenvalue weighted by Gasteiger charge is 2.31. The summed E-state index contributed by atoms with van der Waals surface area (Å²) in [5.74, 6) is -0.302. The number of nitrogens with zero attached hydrogens (tertiary/aromatic N) is 3. The monoisotopic (exact) mass is 214 g/mol. The van der Waals surface area contributed by atoms with Crippen LogP contribution in [0.1, 0.15) is 20.8 Å². The molecule has 0 aromatic rings. The Morgan fingerprint density at radius 2 is 2.20 bits per heavy atom. The van der Waals surface area contributed by atoms with Gasteiger partial charge in [-0.1, -0.05) is 25.9 Å². The van der Waals surface area contributed by atoms with E-state index in [1.54, 1.807) is 0 Å². The lowest BCUT2D eigenvalue weighted by Crippen LogP contribution is -2.47. The zero-order valence-electron chi connectivity index (χ0n) is 9.65. The molecule has 6 nitrogen and oxygen atoms in total. The van der Waals surface area contributed by atoms with Crippen LogP contribution in [-0.4, -0.2) is 32.2 Å². The van der Waals surface area contributed by atoms with Crippen LogP contribution in [0.4, 0.5) is 0 Å². The van der Waals surface area contributed by atoms with Gasteiger partial charge in [-0.15, -0.1) is 0 Å². The molecule has 0 aliphatic heterocycles. The van der Waals surface area contributed by atoms with Gasteiger partial charge in [0.2, 0.25) is 0 Å². The van der Waals surface area contributed by atoms with E-state index in [9.17, 15) is 4.79 Å². The highest BCUT2D eigenvalue weighted by Crippen LogP contribution is 2.19. The number of ether oxygens (including phenoxy) is 1. The molecule has 0 spiro atoms. The second kappa shape index (κ2) is 6.27. The average Bonchev–Trinajstić information content (AvgIpc) is 2.15. The van der Waals surface area contributed by atoms with E-state index in [-0.39, 0.29) is 11.4 Å². The molecule has 0 heterocycles. The molecular formula is C9H18N4O2. The van der Waals surface area contributed by atoms with Crippen molar-refractivity contribution < 1.29 is 9.53 Å². The third kappa shape index (κ3) is 5.24. The number of methoxy groups -OCH3 is 1. The summed E-state index contributed by atoms with van der Waals surface area (Å²) >= 11 is 0. The fourth-order valence-corrected chi connectivity index (χ4v) is 1.16. The van der Waals surface area contributed by atoms with Crippen LogP contribution in [0, 0.1) is 5.41 Å². The summed E-state index contributed by atoms with van der Waals surface area (Å²) in [6.45, 7) is 6.60. The van der Waals surface area contributed by atoms with E-state index in [1.165, 1.54) is 7.11 Å². The van der Waals surface area contributed by atoms with Gasteiger partial charge in [-0.3, -0.25) is 4.79 Å². The molecule has 86 valence electrons. The number of carbonyl (C=O) groups is 1. The standard InChI is InChI=1S/C9H18N4O2/c1-9(2,3)7(8(14)15-4)11-5-6-12-13-10/h7,11H,5-6H2,1-4H3. The molecule has 0 saturated carbocycles. The van der Waals surface area contributed by atoms with Crippen molar-refractivity contribution in [2.45, 2.75) is 26.8 Å². The van der Waals surface area contributed by atoms with Crippen molar-refractivity contribution in [3.05, 3.63) is 10.4 Å². The van der Waals surface area contributed by atoms with Crippen molar-refractivity contribution in [1.82, 2.24) is 5.32 Å². The maximum absolute atomic E-state index is 11.4. The van der Waals surface area contributed by atoms with Crippen LogP contribution in [0.2, 0.25) is 0 Å². The highest BCUT2D eigenvalue weighted by atomic mass is 16.5. The van der Waals surface area contributed by atoms with Gasteiger partial charge in [-0.05, 0) is 10.9 Å². The van der Waals surface area contributed by atoms with Gasteiger partial charge in [0.15, 0.2) is 0 Å². The first kappa shape index (κ1) is 13.7. The zero-order chi connectivity index (χ0) is 11.9. The number of hydrogen-bond donors (Lipinski definition) is 1. The van der Waals surface area contributed by atoms with Crippen LogP contribution < -0.4 is 5.32 Å². The molecule has 0 saturated heterocycles. The third-order valence-electron chi connectivity index (χ3n) is 1.93. The van der Waals surface area contributed by atoms with E-state index >= 15 is 0 Å². The molecule has 0 fully saturated rings. The van der Waals surface area contributed by atoms with Gasteiger partial charge >= 0.3 is 5.97 Å². The molecule has 6 heteroatoms. The summed E-state index contributed by atoms with van der Waals surface area (Å²) in [5, 5.41) is 6.38. The predicted octanol–water partition coefficient (Wildman–Crippen LogP) is 1.47. The molecule has 0 amide bonds. The third-order valence-corrected chi connectivity index (χ3v) is 1.93. The van der Waals surface area contributed by atoms with Crippen molar-refractivity contribution in [2.24, 2.45) is 10.5 Å². The van der Waals surface area contributed by atoms with Crippen molar-refractivity contribution in [3.8, 4) is 0 Å². The second-order valence-corrected chi connectivity index (χ2v) is 4.23. The minimum atomic E-state index is -0.392. The number of carbonyl (C=O) groups excluding carboxylic acids is 1. The largest absolute Gasteiger partial charge is 0.468 e. The average molecular weight is 214 g/mol. The molecule has 1 unspecified atom stereocenters. The normalized spacial score (nSPS) is 12.8. The quantitative estimate of drug-likeness (QED) is 0.247. The van der Waals surface area contributed by atoms with Crippen molar-refractivity contribution in [2.75, 3.05) is 20.2 Å². The maximum Gasteiger partial charge on any atom is 0.323 e. The Morgan fingerprint density at radius 3 is 2.60 bits per heavy atom. The van der Waals surface area contributed by atoms with E-state index in [2.05, 4.69) is 15.3 Å². The molecule has 0 aromatic heterocycles. The fourth-order valence-electron chi connectivity index (χ4n) is 1.16. The van der Waals surface area contributed by atoms with Gasteiger partial charge in [-0.2, -0.15) is 0 Å². The fraction of sp³-hybridized carbons (Fsp3) is 0.889. The molecule has 0 rings (SSSR count). The Hall–Kier alpha value is -1.26. The van der Waals surface area contributed by atoms with Crippen LogP contribution in [0.5, 0.6) is 0 Å². The Kier molecular flexibility index (Phi) is 5.74. The molecule has 1 atom stereocenters. The van der Waals surface area contributed by atoms with E-state index in [0.29, 0.717) is 13.1 Å². The summed E-state index contributed by atoms with van der Waals surface area (Å²) in [6, 6.07) is -0.392. The van der Waals surface area contributed by atoms with Crippen LogP contribution in [0.25, 0.3) is 10.4 Å². The number of hydrogen-bond acceptors (Lipinski definition) is 4. The van der Waals surface area contributed by atoms with Gasteiger partial charge in [0, 0.05) is 18.0 Å². The lowest BCUT2D eigenvalue weighted by molar-refractivity contribution is -0.146. The van der Waals surface area contributed by atoms with Gasteiger partial charge in [0.1, 0.15) is 6.04 Å². The van der Waals surface area contributed by atoms with Gasteiger partial charge in [-0.25, -0.2) is 0 Å². The van der Waals surface area contributed by atoms with Crippen molar-refractivity contribution in [3.63, 3.8) is 0 Å². The topological polar surface area (TPSA) is 87.1 Å². The summed E-state index contributed by atoms with van der Waals surface area (Å²) in [6.07, 6.45) is 0.